The van der Waals surface area contributed by atoms with Gasteiger partial charge < -0.3 is 39.4 Å². The van der Waals surface area contributed by atoms with Crippen LogP contribution in [0, 0.1) is 5.41 Å². The van der Waals surface area contributed by atoms with Gasteiger partial charge in [0.05, 0.1) is 19.2 Å². The first-order valence-corrected chi connectivity index (χ1v) is 20.9. The molecule has 0 radical (unpaired) electrons. The molecular formula is C46H50F3N3O12. The molecule has 3 aromatic rings. The Morgan fingerprint density at radius 2 is 1.56 bits per heavy atom. The number of halogens is 3. The third-order valence-corrected chi connectivity index (χ3v) is 11.3. The first kappa shape index (κ1) is 46.3. The quantitative estimate of drug-likeness (QED) is 0.105. The van der Waals surface area contributed by atoms with Gasteiger partial charge in [0.15, 0.2) is 12.6 Å². The van der Waals surface area contributed by atoms with Gasteiger partial charge in [0.1, 0.15) is 35.4 Å². The van der Waals surface area contributed by atoms with Crippen molar-refractivity contribution in [1.29, 1.82) is 0 Å². The summed E-state index contributed by atoms with van der Waals surface area (Å²) in [6, 6.07) is 23.0. The van der Waals surface area contributed by atoms with Crippen LogP contribution in [0.3, 0.4) is 0 Å². The molecule has 342 valence electrons. The fraction of sp³-hybridized carbons (Fsp3) is 0.457. The molecule has 0 aromatic heterocycles. The van der Waals surface area contributed by atoms with Crippen LogP contribution in [0.4, 0.5) is 13.2 Å². The highest BCUT2D eigenvalue weighted by Crippen LogP contribution is 2.59. The summed E-state index contributed by atoms with van der Waals surface area (Å²) in [7, 11) is 0. The van der Waals surface area contributed by atoms with Gasteiger partial charge in [-0.3, -0.25) is 24.0 Å². The van der Waals surface area contributed by atoms with Crippen LogP contribution >= 0.6 is 0 Å². The number of hydrogen-bond acceptors (Lipinski definition) is 13. The number of nitrogens with one attached hydrogen (secondary N) is 2. The lowest BCUT2D eigenvalue weighted by Gasteiger charge is -2.48. The summed E-state index contributed by atoms with van der Waals surface area (Å²) >= 11 is 0. The van der Waals surface area contributed by atoms with Gasteiger partial charge in [-0.1, -0.05) is 84.9 Å². The van der Waals surface area contributed by atoms with Gasteiger partial charge in [-0.25, -0.2) is 4.79 Å². The van der Waals surface area contributed by atoms with Crippen LogP contribution in [0.5, 0.6) is 0 Å². The summed E-state index contributed by atoms with van der Waals surface area (Å²) in [5.41, 5.74) is 0.0833. The SMILES string of the molecule is CC(C)(C)OC(=O)CCC(CO)NC(=O)CCNC(=O)C12CC3OC(=O)C1N(Cc1ccc(C=CC(=O)OCC(F)(F)F)cc1)OC2C1OC(c2ccccc2)(c2ccccc2)OC31. The summed E-state index contributed by atoms with van der Waals surface area (Å²) in [6.45, 7) is 2.87. The van der Waals surface area contributed by atoms with Crippen LogP contribution in [0.15, 0.2) is 91.0 Å². The van der Waals surface area contributed by atoms with E-state index in [0.29, 0.717) is 22.3 Å². The highest BCUT2D eigenvalue weighted by atomic mass is 19.4. The van der Waals surface area contributed by atoms with E-state index in [1.54, 1.807) is 45.0 Å². The maximum Gasteiger partial charge on any atom is 0.422 e. The molecule has 64 heavy (non-hydrogen) atoms. The van der Waals surface area contributed by atoms with E-state index in [1.165, 1.54) is 11.1 Å². The first-order valence-electron chi connectivity index (χ1n) is 20.9. The fourth-order valence-electron chi connectivity index (χ4n) is 8.62. The highest BCUT2D eigenvalue weighted by molar-refractivity contribution is 5.94. The molecule has 0 spiro atoms. The zero-order valence-electron chi connectivity index (χ0n) is 35.4. The Morgan fingerprint density at radius 3 is 2.17 bits per heavy atom. The Morgan fingerprint density at radius 1 is 0.922 bits per heavy atom. The number of nitrogens with zero attached hydrogens (tertiary/aromatic N) is 1. The molecule has 2 bridgehead atoms. The molecule has 7 rings (SSSR count). The van der Waals surface area contributed by atoms with Gasteiger partial charge in [0.25, 0.3) is 0 Å². The largest absolute Gasteiger partial charge is 0.460 e. The molecule has 1 aliphatic carbocycles. The lowest BCUT2D eigenvalue weighted by molar-refractivity contribution is -0.213. The summed E-state index contributed by atoms with van der Waals surface area (Å²) in [4.78, 5) is 72.8. The van der Waals surface area contributed by atoms with E-state index in [2.05, 4.69) is 15.4 Å². The predicted octanol–water partition coefficient (Wildman–Crippen LogP) is 4.40. The van der Waals surface area contributed by atoms with Gasteiger partial charge in [-0.05, 0) is 44.4 Å². The molecule has 3 saturated heterocycles. The molecule has 3 N–H and O–H groups in total. The number of carbonyl (C=O) groups excluding carboxylic acids is 5. The van der Waals surface area contributed by atoms with Gasteiger partial charge in [-0.2, -0.15) is 18.2 Å². The number of carbonyl (C=O) groups is 5. The zero-order chi connectivity index (χ0) is 45.9. The number of ether oxygens (including phenoxy) is 5. The van der Waals surface area contributed by atoms with E-state index < -0.39 is 102 Å². The molecule has 1 saturated carbocycles. The Balaban J connectivity index is 1.12. The number of rotatable bonds is 16. The number of alkyl halides is 3. The predicted molar refractivity (Wildman–Crippen MR) is 219 cm³/mol. The molecule has 3 aliphatic heterocycles. The monoisotopic (exact) mass is 893 g/mol. The van der Waals surface area contributed by atoms with Crippen LogP contribution in [0.2, 0.25) is 0 Å². The Kier molecular flexibility index (Phi) is 13.6. The Labute approximate surface area is 367 Å². The number of benzene rings is 3. The molecule has 15 nitrogen and oxygen atoms in total. The molecule has 3 aromatic carbocycles. The number of amides is 2. The zero-order valence-corrected chi connectivity index (χ0v) is 35.4. The van der Waals surface area contributed by atoms with E-state index in [0.717, 1.165) is 6.08 Å². The molecule has 4 aliphatic rings. The summed E-state index contributed by atoms with van der Waals surface area (Å²) in [5.74, 6) is -4.95. The summed E-state index contributed by atoms with van der Waals surface area (Å²) in [6.07, 6.45) is -6.51. The van der Waals surface area contributed by atoms with Crippen molar-refractivity contribution in [3.8, 4) is 0 Å². The van der Waals surface area contributed by atoms with E-state index >= 15 is 0 Å². The average Bonchev–Trinajstić information content (AvgIpc) is 3.84. The van der Waals surface area contributed by atoms with Gasteiger partial charge in [0.2, 0.25) is 17.6 Å². The van der Waals surface area contributed by atoms with Crippen molar-refractivity contribution in [3.05, 3.63) is 113 Å². The maximum atomic E-state index is 14.8. The van der Waals surface area contributed by atoms with Crippen LogP contribution in [0.1, 0.15) is 68.7 Å². The third-order valence-electron chi connectivity index (χ3n) is 11.3. The van der Waals surface area contributed by atoms with E-state index in [9.17, 15) is 42.3 Å². The van der Waals surface area contributed by atoms with Crippen LogP contribution in [0.25, 0.3) is 6.08 Å². The topological polar surface area (TPSA) is 188 Å². The van der Waals surface area contributed by atoms with Crippen molar-refractivity contribution in [3.63, 3.8) is 0 Å². The van der Waals surface area contributed by atoms with Crippen molar-refractivity contribution >= 4 is 35.8 Å². The minimum Gasteiger partial charge on any atom is -0.460 e. The van der Waals surface area contributed by atoms with Crippen LogP contribution in [-0.4, -0.2) is 108 Å². The highest BCUT2D eigenvalue weighted by Gasteiger charge is 2.76. The van der Waals surface area contributed by atoms with Crippen molar-refractivity contribution in [1.82, 2.24) is 15.7 Å². The molecule has 3 heterocycles. The summed E-state index contributed by atoms with van der Waals surface area (Å²) in [5, 5.41) is 16.8. The number of aliphatic hydroxyl groups excluding tert-OH is 1. The lowest BCUT2D eigenvalue weighted by atomic mass is 9.62. The normalized spacial score (nSPS) is 25.2. The smallest absolute Gasteiger partial charge is 0.422 e. The maximum absolute atomic E-state index is 14.8. The van der Waals surface area contributed by atoms with Crippen LogP contribution < -0.4 is 10.6 Å². The standard InChI is InChI=1S/C46H50F3N3O12/c1-43(2,3)61-36(56)21-19-32(26-53)51-34(54)22-23-50-42(58)44-24-33-37-38(63-46(62-37,30-10-6-4-7-11-30)31-12-8-5-9-13-31)40(44)64-52(39(44)41(57)60-33)25-29-16-14-28(15-17-29)18-20-35(55)59-27-45(47,48)49/h4-18,20,32-33,37-40,53H,19,21-27H2,1-3H3,(H,50,58)(H,51,54). The van der Waals surface area contributed by atoms with Crippen molar-refractivity contribution in [2.75, 3.05) is 19.8 Å². The summed E-state index contributed by atoms with van der Waals surface area (Å²) < 4.78 is 66.9. The third kappa shape index (κ3) is 10.2. The number of aliphatic hydroxyl groups is 1. The van der Waals surface area contributed by atoms with Crippen molar-refractivity contribution in [2.45, 2.75) is 107 Å². The van der Waals surface area contributed by atoms with E-state index in [-0.39, 0.29) is 38.8 Å². The second-order valence-electron chi connectivity index (χ2n) is 17.1. The Hall–Kier alpha value is -5.66. The number of hydrogen-bond donors (Lipinski definition) is 3. The fourth-order valence-corrected chi connectivity index (χ4v) is 8.62. The number of esters is 3. The van der Waals surface area contributed by atoms with Gasteiger partial charge >= 0.3 is 24.1 Å². The second-order valence-corrected chi connectivity index (χ2v) is 17.1. The van der Waals surface area contributed by atoms with E-state index in [1.807, 2.05) is 60.7 Å². The molecule has 2 amide bonds. The molecule has 18 heteroatoms. The first-order chi connectivity index (χ1) is 30.4. The minimum absolute atomic E-state index is 0.0157. The molecular weight excluding hydrogens is 844 g/mol. The Bertz CT molecular complexity index is 2160. The van der Waals surface area contributed by atoms with Gasteiger partial charge in [-0.15, -0.1) is 0 Å². The van der Waals surface area contributed by atoms with Crippen LogP contribution in [-0.2, 0) is 64.8 Å². The number of fused-ring (bicyclic) bond motifs is 4. The molecule has 4 fully saturated rings. The van der Waals surface area contributed by atoms with Gasteiger partial charge in [0, 0.05) is 43.0 Å². The lowest BCUT2D eigenvalue weighted by Crippen LogP contribution is -2.69. The minimum atomic E-state index is -4.66. The van der Waals surface area contributed by atoms with Crippen molar-refractivity contribution < 1.29 is 70.8 Å². The van der Waals surface area contributed by atoms with E-state index in [4.69, 9.17) is 23.8 Å². The second kappa shape index (κ2) is 18.8. The molecule has 7 atom stereocenters. The van der Waals surface area contributed by atoms with Crippen molar-refractivity contribution in [2.24, 2.45) is 5.41 Å². The molecule has 7 unspecified atom stereocenters. The average molecular weight is 894 g/mol. The number of hydroxylamine groups is 2.